The molecule has 7 nitrogen and oxygen atoms in total. The number of nitrogens with zero attached hydrogens (tertiary/aromatic N) is 2. The number of carboxylic acid groups (broad SMARTS) is 1. The fourth-order valence-electron chi connectivity index (χ4n) is 2.32. The third kappa shape index (κ3) is 8.31. The molecule has 0 radical (unpaired) electrons. The molecule has 0 aliphatic rings. The van der Waals surface area contributed by atoms with Crippen molar-refractivity contribution < 1.29 is 32.9 Å². The summed E-state index contributed by atoms with van der Waals surface area (Å²) in [5.74, 6) is -1.28. The Labute approximate surface area is 176 Å². The summed E-state index contributed by atoms with van der Waals surface area (Å²) in [5, 5.41) is 20.1. The van der Waals surface area contributed by atoms with Crippen LogP contribution in [0.25, 0.3) is 0 Å². The van der Waals surface area contributed by atoms with E-state index in [-0.39, 0.29) is 11.8 Å². The van der Waals surface area contributed by atoms with E-state index in [9.17, 15) is 18.3 Å². The molecule has 2 aromatic carbocycles. The van der Waals surface area contributed by atoms with Crippen LogP contribution in [0.15, 0.2) is 67.1 Å². The topological polar surface area (TPSA) is 105 Å². The molecule has 31 heavy (non-hydrogen) atoms. The number of nitrogens with one attached hydrogen (secondary N) is 1. The normalized spacial score (nSPS) is 11.7. The predicted octanol–water partition coefficient (Wildman–Crippen LogP) is 4.46. The number of phenols is 1. The molecular weight excluding hydrogens is 415 g/mol. The maximum atomic E-state index is 10.6. The number of alkyl halides is 3. The van der Waals surface area contributed by atoms with Gasteiger partial charge in [-0.2, -0.15) is 13.2 Å². The van der Waals surface area contributed by atoms with E-state index >= 15 is 0 Å². The molecule has 0 unspecified atom stereocenters. The SMILES string of the molecule is C[C@H](NCc1ccc(Oc2cnccn2)cc1)c1cccc(O)c1.O=C(O)C(F)(F)F. The van der Waals surface area contributed by atoms with Crippen LogP contribution in [0.3, 0.4) is 0 Å². The molecule has 0 amide bonds. The summed E-state index contributed by atoms with van der Waals surface area (Å²) in [6.45, 7) is 2.79. The fourth-order valence-corrected chi connectivity index (χ4v) is 2.32. The minimum absolute atomic E-state index is 0.146. The van der Waals surface area contributed by atoms with Gasteiger partial charge in [0.05, 0.1) is 6.20 Å². The number of rotatable bonds is 6. The Morgan fingerprint density at radius 3 is 2.39 bits per heavy atom. The van der Waals surface area contributed by atoms with E-state index in [4.69, 9.17) is 14.6 Å². The Morgan fingerprint density at radius 2 is 1.84 bits per heavy atom. The van der Waals surface area contributed by atoms with Gasteiger partial charge in [0.1, 0.15) is 11.5 Å². The average molecular weight is 435 g/mol. The Kier molecular flexibility index (Phi) is 8.33. The Balaban J connectivity index is 0.000000423. The Morgan fingerprint density at radius 1 is 1.16 bits per heavy atom. The molecule has 1 atom stereocenters. The highest BCUT2D eigenvalue weighted by Crippen LogP contribution is 2.20. The number of carbonyl (C=O) groups is 1. The molecule has 0 saturated heterocycles. The second-order valence-electron chi connectivity index (χ2n) is 6.29. The van der Waals surface area contributed by atoms with Crippen LogP contribution in [0, 0.1) is 0 Å². The predicted molar refractivity (Wildman–Crippen MR) is 106 cm³/mol. The van der Waals surface area contributed by atoms with Crippen molar-refractivity contribution in [1.82, 2.24) is 15.3 Å². The van der Waals surface area contributed by atoms with E-state index in [1.54, 1.807) is 30.7 Å². The van der Waals surface area contributed by atoms with Crippen molar-refractivity contribution in [3.8, 4) is 17.4 Å². The summed E-state index contributed by atoms with van der Waals surface area (Å²) in [7, 11) is 0. The van der Waals surface area contributed by atoms with Gasteiger partial charge in [-0.3, -0.25) is 4.98 Å². The van der Waals surface area contributed by atoms with Gasteiger partial charge >= 0.3 is 12.1 Å². The summed E-state index contributed by atoms with van der Waals surface area (Å²) in [6.07, 6.45) is -0.307. The molecule has 164 valence electrons. The van der Waals surface area contributed by atoms with Crippen molar-refractivity contribution in [2.75, 3.05) is 0 Å². The van der Waals surface area contributed by atoms with Crippen molar-refractivity contribution in [3.05, 3.63) is 78.2 Å². The minimum Gasteiger partial charge on any atom is -0.508 e. The van der Waals surface area contributed by atoms with Gasteiger partial charge in [-0.15, -0.1) is 0 Å². The number of benzene rings is 2. The first-order valence-corrected chi connectivity index (χ1v) is 9.00. The molecule has 3 N–H and O–H groups in total. The average Bonchev–Trinajstić information content (AvgIpc) is 2.73. The molecule has 1 heterocycles. The zero-order valence-electron chi connectivity index (χ0n) is 16.4. The molecule has 0 bridgehead atoms. The van der Waals surface area contributed by atoms with Crippen molar-refractivity contribution in [2.45, 2.75) is 25.7 Å². The van der Waals surface area contributed by atoms with E-state index < -0.39 is 12.1 Å². The molecule has 0 saturated carbocycles. The molecule has 10 heteroatoms. The van der Waals surface area contributed by atoms with Crippen molar-refractivity contribution in [1.29, 1.82) is 0 Å². The van der Waals surface area contributed by atoms with E-state index in [0.717, 1.165) is 23.4 Å². The molecule has 0 aliphatic heterocycles. The third-order valence-corrected chi connectivity index (χ3v) is 3.91. The maximum absolute atomic E-state index is 10.6. The zero-order valence-corrected chi connectivity index (χ0v) is 16.4. The van der Waals surface area contributed by atoms with Gasteiger partial charge in [-0.25, -0.2) is 9.78 Å². The van der Waals surface area contributed by atoms with Crippen molar-refractivity contribution in [3.63, 3.8) is 0 Å². The van der Waals surface area contributed by atoms with Crippen LogP contribution in [0.5, 0.6) is 17.4 Å². The highest BCUT2D eigenvalue weighted by Gasteiger charge is 2.38. The molecule has 0 aliphatic carbocycles. The quantitative estimate of drug-likeness (QED) is 0.525. The number of halogens is 3. The lowest BCUT2D eigenvalue weighted by molar-refractivity contribution is -0.192. The van der Waals surface area contributed by atoms with Crippen LogP contribution in [-0.4, -0.2) is 32.3 Å². The number of hydrogen-bond donors (Lipinski definition) is 3. The monoisotopic (exact) mass is 435 g/mol. The molecule has 3 aromatic rings. The van der Waals surface area contributed by atoms with Crippen LogP contribution in [0.4, 0.5) is 13.2 Å². The Hall–Kier alpha value is -3.66. The first-order chi connectivity index (χ1) is 14.6. The van der Waals surface area contributed by atoms with Gasteiger partial charge in [-0.1, -0.05) is 24.3 Å². The van der Waals surface area contributed by atoms with E-state index in [1.165, 1.54) is 0 Å². The first-order valence-electron chi connectivity index (χ1n) is 9.00. The van der Waals surface area contributed by atoms with Gasteiger partial charge in [0.25, 0.3) is 0 Å². The van der Waals surface area contributed by atoms with Crippen molar-refractivity contribution >= 4 is 5.97 Å². The summed E-state index contributed by atoms with van der Waals surface area (Å²) >= 11 is 0. The number of carboxylic acids is 1. The Bertz CT molecular complexity index is 968. The lowest BCUT2D eigenvalue weighted by Gasteiger charge is -2.15. The standard InChI is InChI=1S/C19H19N3O2.C2HF3O2/c1-14(16-3-2-4-17(23)11-16)22-12-15-5-7-18(8-6-15)24-19-13-20-9-10-21-19;3-2(4,5)1(6)7/h2-11,13-14,22-23H,12H2,1H3;(H,6,7)/t14-;/m0./s1. The highest BCUT2D eigenvalue weighted by atomic mass is 19.4. The second kappa shape index (κ2) is 10.9. The van der Waals surface area contributed by atoms with Gasteiger partial charge in [0.15, 0.2) is 0 Å². The van der Waals surface area contributed by atoms with Gasteiger partial charge in [-0.05, 0) is 42.3 Å². The van der Waals surface area contributed by atoms with E-state index in [1.807, 2.05) is 36.4 Å². The molecule has 1 aromatic heterocycles. The number of aliphatic carboxylic acids is 1. The van der Waals surface area contributed by atoms with Gasteiger partial charge in [0, 0.05) is 25.0 Å². The van der Waals surface area contributed by atoms with Gasteiger partial charge in [0.2, 0.25) is 5.88 Å². The summed E-state index contributed by atoms with van der Waals surface area (Å²) in [4.78, 5) is 16.9. The van der Waals surface area contributed by atoms with Crippen molar-refractivity contribution in [2.24, 2.45) is 0 Å². The largest absolute Gasteiger partial charge is 0.508 e. The molecule has 0 fully saturated rings. The number of aromatic hydroxyl groups is 1. The number of aromatic nitrogens is 2. The minimum atomic E-state index is -5.08. The summed E-state index contributed by atoms with van der Waals surface area (Å²) in [5.41, 5.74) is 2.20. The van der Waals surface area contributed by atoms with E-state index in [0.29, 0.717) is 5.88 Å². The highest BCUT2D eigenvalue weighted by molar-refractivity contribution is 5.73. The molecule has 0 spiro atoms. The third-order valence-electron chi connectivity index (χ3n) is 3.91. The lowest BCUT2D eigenvalue weighted by atomic mass is 10.1. The van der Waals surface area contributed by atoms with Crippen LogP contribution in [0.2, 0.25) is 0 Å². The second-order valence-corrected chi connectivity index (χ2v) is 6.29. The smallest absolute Gasteiger partial charge is 0.490 e. The van der Waals surface area contributed by atoms with Gasteiger partial charge < -0.3 is 20.3 Å². The van der Waals surface area contributed by atoms with Crippen LogP contribution >= 0.6 is 0 Å². The number of ether oxygens (including phenoxy) is 1. The molecule has 3 rings (SSSR count). The fraction of sp³-hybridized carbons (Fsp3) is 0.190. The van der Waals surface area contributed by atoms with Crippen LogP contribution in [-0.2, 0) is 11.3 Å². The molecular formula is C21H20F3N3O4. The summed E-state index contributed by atoms with van der Waals surface area (Å²) < 4.78 is 37.4. The number of hydrogen-bond acceptors (Lipinski definition) is 6. The summed E-state index contributed by atoms with van der Waals surface area (Å²) in [6, 6.07) is 15.3. The van der Waals surface area contributed by atoms with Crippen LogP contribution < -0.4 is 10.1 Å². The van der Waals surface area contributed by atoms with E-state index in [2.05, 4.69) is 22.2 Å². The zero-order chi connectivity index (χ0) is 22.9. The maximum Gasteiger partial charge on any atom is 0.490 e. The van der Waals surface area contributed by atoms with Crippen LogP contribution in [0.1, 0.15) is 24.1 Å². The first kappa shape index (κ1) is 23.6. The lowest BCUT2D eigenvalue weighted by Crippen LogP contribution is -2.21. The number of phenolic OH excluding ortho intramolecular Hbond substituents is 1.